The van der Waals surface area contributed by atoms with Crippen molar-refractivity contribution < 1.29 is 29.3 Å². The lowest BCUT2D eigenvalue weighted by Crippen LogP contribution is -2.56. The van der Waals surface area contributed by atoms with Gasteiger partial charge in [0.2, 0.25) is 0 Å². The van der Waals surface area contributed by atoms with Crippen molar-refractivity contribution in [3.8, 4) is 0 Å². The summed E-state index contributed by atoms with van der Waals surface area (Å²) < 4.78 is 5.28. The van der Waals surface area contributed by atoms with E-state index in [1.165, 1.54) is 0 Å². The third-order valence-electron chi connectivity index (χ3n) is 5.28. The molecule has 2 rings (SSSR count). The zero-order valence-corrected chi connectivity index (χ0v) is 20.0. The monoisotopic (exact) mass is 470 g/mol. The van der Waals surface area contributed by atoms with Crippen molar-refractivity contribution in [2.75, 3.05) is 0 Å². The molecule has 2 aromatic rings. The molecule has 0 saturated heterocycles. The van der Waals surface area contributed by atoms with Crippen molar-refractivity contribution in [1.82, 2.24) is 10.6 Å². The summed E-state index contributed by atoms with van der Waals surface area (Å²) in [6.07, 6.45) is -1.89. The Hall–Kier alpha value is -3.39. The number of hydrogen-bond acceptors (Lipinski definition) is 5. The van der Waals surface area contributed by atoms with E-state index in [-0.39, 0.29) is 6.42 Å². The van der Waals surface area contributed by atoms with Gasteiger partial charge in [-0.3, -0.25) is 4.79 Å². The number of aliphatic hydroxyl groups is 1. The summed E-state index contributed by atoms with van der Waals surface area (Å²) in [5, 5.41) is 25.7. The molecule has 0 radical (unpaired) electrons. The molecular weight excluding hydrogens is 436 g/mol. The highest BCUT2D eigenvalue weighted by atomic mass is 16.6. The number of ether oxygens (including phenoxy) is 1. The van der Waals surface area contributed by atoms with Crippen molar-refractivity contribution in [3.05, 3.63) is 71.8 Å². The van der Waals surface area contributed by atoms with Gasteiger partial charge in [0.05, 0.1) is 6.04 Å². The predicted molar refractivity (Wildman–Crippen MR) is 128 cm³/mol. The molecule has 0 bridgehead atoms. The summed E-state index contributed by atoms with van der Waals surface area (Å²) in [5.41, 5.74) is 0.772. The Balaban J connectivity index is 2.23. The topological polar surface area (TPSA) is 125 Å². The van der Waals surface area contributed by atoms with Gasteiger partial charge in [0.15, 0.2) is 6.10 Å². The van der Waals surface area contributed by atoms with Gasteiger partial charge in [0.25, 0.3) is 5.91 Å². The number of nitrogens with one attached hydrogen (secondary N) is 2. The highest BCUT2D eigenvalue weighted by Crippen LogP contribution is 2.24. The van der Waals surface area contributed by atoms with Crippen molar-refractivity contribution >= 4 is 18.0 Å². The van der Waals surface area contributed by atoms with Crippen molar-refractivity contribution in [3.63, 3.8) is 0 Å². The minimum Gasteiger partial charge on any atom is -0.480 e. The summed E-state index contributed by atoms with van der Waals surface area (Å²) in [6, 6.07) is 15.8. The number of amides is 2. The summed E-state index contributed by atoms with van der Waals surface area (Å²) >= 11 is 0. The Morgan fingerprint density at radius 2 is 1.50 bits per heavy atom. The number of carbonyl (C=O) groups is 3. The maximum Gasteiger partial charge on any atom is 0.407 e. The van der Waals surface area contributed by atoms with Crippen LogP contribution < -0.4 is 10.6 Å². The molecule has 0 aliphatic carbocycles. The summed E-state index contributed by atoms with van der Waals surface area (Å²) in [6.45, 7) is 6.94. The van der Waals surface area contributed by atoms with Crippen LogP contribution in [0.4, 0.5) is 4.79 Å². The average molecular weight is 471 g/mol. The Kier molecular flexibility index (Phi) is 9.62. The van der Waals surface area contributed by atoms with Crippen LogP contribution in [0.25, 0.3) is 0 Å². The number of carboxylic acids is 1. The summed E-state index contributed by atoms with van der Waals surface area (Å²) in [7, 11) is 0. The first kappa shape index (κ1) is 26.9. The van der Waals surface area contributed by atoms with E-state index in [1.807, 2.05) is 19.1 Å². The second kappa shape index (κ2) is 12.2. The minimum atomic E-state index is -1.71. The second-order valence-electron chi connectivity index (χ2n) is 9.14. The van der Waals surface area contributed by atoms with E-state index < -0.39 is 47.7 Å². The highest BCUT2D eigenvalue weighted by molar-refractivity contribution is 5.87. The molecule has 184 valence electrons. The van der Waals surface area contributed by atoms with Crippen LogP contribution in [-0.2, 0) is 20.7 Å². The fourth-order valence-electron chi connectivity index (χ4n) is 3.69. The van der Waals surface area contributed by atoms with Crippen LogP contribution in [0.5, 0.6) is 0 Å². The quantitative estimate of drug-likeness (QED) is 0.422. The molecule has 8 nitrogen and oxygen atoms in total. The van der Waals surface area contributed by atoms with Crippen LogP contribution in [0, 0.1) is 0 Å². The number of aliphatic hydroxyl groups excluding tert-OH is 1. The molecule has 0 aliphatic heterocycles. The van der Waals surface area contributed by atoms with Gasteiger partial charge in [-0.1, -0.05) is 67.6 Å². The largest absolute Gasteiger partial charge is 0.480 e. The highest BCUT2D eigenvalue weighted by Gasteiger charge is 2.35. The van der Waals surface area contributed by atoms with E-state index in [9.17, 15) is 24.6 Å². The third-order valence-corrected chi connectivity index (χ3v) is 5.28. The van der Waals surface area contributed by atoms with Gasteiger partial charge < -0.3 is 25.6 Å². The van der Waals surface area contributed by atoms with Crippen LogP contribution in [0.2, 0.25) is 0 Å². The number of alkyl carbamates (subject to hydrolysis) is 1. The van der Waals surface area contributed by atoms with Gasteiger partial charge in [0, 0.05) is 5.92 Å². The van der Waals surface area contributed by atoms with E-state index in [1.54, 1.807) is 69.3 Å². The molecule has 2 amide bonds. The Labute approximate surface area is 200 Å². The Bertz CT molecular complexity index is 943. The fraction of sp³-hybridized carbons (Fsp3) is 0.423. The van der Waals surface area contributed by atoms with Crippen LogP contribution in [0.3, 0.4) is 0 Å². The van der Waals surface area contributed by atoms with Crippen molar-refractivity contribution in [2.24, 2.45) is 0 Å². The standard InChI is InChI=1S/C26H34N2O6/c1-5-19(18-14-10-7-11-15-18)21(24(31)32)28-23(30)22(29)20(16-17-12-8-6-9-13-17)27-25(33)34-26(2,3)4/h6-15,19-22,29H,5,16H2,1-4H3,(H,27,33)(H,28,30)(H,31,32)/t19?,20-,21?,22+/m1/s1. The normalized spacial score (nSPS) is 14.9. The average Bonchev–Trinajstić information content (AvgIpc) is 2.78. The number of aliphatic carboxylic acids is 1. The first-order valence-corrected chi connectivity index (χ1v) is 11.3. The lowest BCUT2D eigenvalue weighted by molar-refractivity contribution is -0.144. The maximum absolute atomic E-state index is 13.0. The van der Waals surface area contributed by atoms with Crippen LogP contribution >= 0.6 is 0 Å². The van der Waals surface area contributed by atoms with Gasteiger partial charge >= 0.3 is 12.1 Å². The Morgan fingerprint density at radius 1 is 0.941 bits per heavy atom. The molecule has 0 fully saturated rings. The first-order valence-electron chi connectivity index (χ1n) is 11.3. The second-order valence-corrected chi connectivity index (χ2v) is 9.14. The number of carbonyl (C=O) groups excluding carboxylic acids is 2. The van der Waals surface area contributed by atoms with Gasteiger partial charge in [-0.05, 0) is 44.7 Å². The molecule has 0 aromatic heterocycles. The van der Waals surface area contributed by atoms with Crippen molar-refractivity contribution in [1.29, 1.82) is 0 Å². The summed E-state index contributed by atoms with van der Waals surface area (Å²) in [4.78, 5) is 37.4. The fourth-order valence-corrected chi connectivity index (χ4v) is 3.69. The van der Waals surface area contributed by atoms with E-state index in [2.05, 4.69) is 10.6 Å². The van der Waals surface area contributed by atoms with Gasteiger partial charge in [0.1, 0.15) is 11.6 Å². The molecule has 4 N–H and O–H groups in total. The van der Waals surface area contributed by atoms with Gasteiger partial charge in [-0.15, -0.1) is 0 Å². The predicted octanol–water partition coefficient (Wildman–Crippen LogP) is 3.25. The van der Waals surface area contributed by atoms with Crippen LogP contribution in [0.15, 0.2) is 60.7 Å². The number of benzene rings is 2. The summed E-state index contributed by atoms with van der Waals surface area (Å²) in [5.74, 6) is -2.60. The smallest absolute Gasteiger partial charge is 0.407 e. The molecule has 0 aliphatic rings. The number of carboxylic acid groups (broad SMARTS) is 1. The van der Waals surface area contributed by atoms with E-state index in [0.29, 0.717) is 6.42 Å². The first-order chi connectivity index (χ1) is 16.0. The molecule has 8 heteroatoms. The zero-order chi connectivity index (χ0) is 25.3. The third kappa shape index (κ3) is 8.19. The van der Waals surface area contributed by atoms with E-state index >= 15 is 0 Å². The van der Waals surface area contributed by atoms with Crippen LogP contribution in [0.1, 0.15) is 51.2 Å². The van der Waals surface area contributed by atoms with Gasteiger partial charge in [-0.2, -0.15) is 0 Å². The lowest BCUT2D eigenvalue weighted by atomic mass is 9.88. The zero-order valence-electron chi connectivity index (χ0n) is 20.0. The molecule has 4 atom stereocenters. The molecule has 2 unspecified atom stereocenters. The minimum absolute atomic E-state index is 0.141. The number of hydrogen-bond donors (Lipinski definition) is 4. The van der Waals surface area contributed by atoms with Crippen molar-refractivity contribution in [2.45, 2.75) is 70.2 Å². The molecular formula is C26H34N2O6. The molecule has 0 saturated carbocycles. The maximum atomic E-state index is 13.0. The van der Waals surface area contributed by atoms with Gasteiger partial charge in [-0.25, -0.2) is 9.59 Å². The molecule has 2 aromatic carbocycles. The Morgan fingerprint density at radius 3 is 2.00 bits per heavy atom. The van der Waals surface area contributed by atoms with Crippen LogP contribution in [-0.4, -0.2) is 52.0 Å². The lowest BCUT2D eigenvalue weighted by Gasteiger charge is -2.29. The molecule has 0 heterocycles. The molecule has 34 heavy (non-hydrogen) atoms. The molecule has 0 spiro atoms. The van der Waals surface area contributed by atoms with E-state index in [0.717, 1.165) is 11.1 Å². The van der Waals surface area contributed by atoms with E-state index in [4.69, 9.17) is 4.74 Å². The number of rotatable bonds is 10. The SMILES string of the molecule is CCC(c1ccccc1)C(NC(=O)[C@@H](O)[C@@H](Cc1ccccc1)NC(=O)OC(C)(C)C)C(=O)O.